The van der Waals surface area contributed by atoms with Crippen molar-refractivity contribution in [3.63, 3.8) is 0 Å². The van der Waals surface area contributed by atoms with Crippen molar-refractivity contribution in [2.45, 2.75) is 44.1 Å². The normalized spacial score (nSPS) is 23.1. The molecule has 1 aliphatic heterocycles. The van der Waals surface area contributed by atoms with Gasteiger partial charge in [0.05, 0.1) is 11.9 Å². The van der Waals surface area contributed by atoms with Crippen LogP contribution in [0.15, 0.2) is 18.5 Å². The summed E-state index contributed by atoms with van der Waals surface area (Å²) in [5.74, 6) is 0. The van der Waals surface area contributed by atoms with Crippen LogP contribution in [0.1, 0.15) is 37.7 Å². The second-order valence-electron chi connectivity index (χ2n) is 4.68. The van der Waals surface area contributed by atoms with Crippen LogP contribution in [-0.2, 0) is 6.42 Å². The average Bonchev–Trinajstić information content (AvgIpc) is 2.56. The van der Waals surface area contributed by atoms with Gasteiger partial charge in [-0.15, -0.1) is 0 Å². The van der Waals surface area contributed by atoms with Crippen LogP contribution in [-0.4, -0.2) is 10.5 Å². The summed E-state index contributed by atoms with van der Waals surface area (Å²) in [6.45, 7) is 0. The molecule has 1 aromatic heterocycles. The smallest absolute Gasteiger partial charge is 0.0564 e. The van der Waals surface area contributed by atoms with E-state index in [1.807, 2.05) is 12.4 Å². The largest absolute Gasteiger partial charge is 0.378 e. The van der Waals surface area contributed by atoms with Crippen LogP contribution >= 0.6 is 0 Å². The minimum atomic E-state index is 0.392. The van der Waals surface area contributed by atoms with Crippen LogP contribution < -0.4 is 5.32 Å². The molecule has 0 radical (unpaired) electrons. The van der Waals surface area contributed by atoms with E-state index in [1.165, 1.54) is 49.8 Å². The highest BCUT2D eigenvalue weighted by Crippen LogP contribution is 2.40. The van der Waals surface area contributed by atoms with Gasteiger partial charge in [-0.3, -0.25) is 4.98 Å². The number of fused-ring (bicyclic) bond motifs is 1. The van der Waals surface area contributed by atoms with Crippen molar-refractivity contribution >= 4 is 5.69 Å². The Kier molecular flexibility index (Phi) is 1.76. The molecule has 0 amide bonds. The van der Waals surface area contributed by atoms with Gasteiger partial charge < -0.3 is 5.32 Å². The van der Waals surface area contributed by atoms with Gasteiger partial charge in [0.15, 0.2) is 0 Å². The molecule has 14 heavy (non-hydrogen) atoms. The van der Waals surface area contributed by atoms with Gasteiger partial charge in [0.25, 0.3) is 0 Å². The minimum absolute atomic E-state index is 0.392. The van der Waals surface area contributed by atoms with Crippen molar-refractivity contribution in [3.8, 4) is 0 Å². The molecule has 0 saturated heterocycles. The quantitative estimate of drug-likeness (QED) is 0.677. The van der Waals surface area contributed by atoms with E-state index in [-0.39, 0.29) is 0 Å². The van der Waals surface area contributed by atoms with Crippen molar-refractivity contribution in [1.29, 1.82) is 0 Å². The topological polar surface area (TPSA) is 24.9 Å². The first-order chi connectivity index (χ1) is 6.88. The van der Waals surface area contributed by atoms with Gasteiger partial charge in [-0.1, -0.05) is 19.3 Å². The number of nitrogens with zero attached hydrogens (tertiary/aromatic N) is 1. The minimum Gasteiger partial charge on any atom is -0.378 e. The predicted molar refractivity (Wildman–Crippen MR) is 57.4 cm³/mol. The summed E-state index contributed by atoms with van der Waals surface area (Å²) in [4.78, 5) is 4.17. The molecular weight excluding hydrogens is 172 g/mol. The number of nitrogens with one attached hydrogen (secondary N) is 1. The Balaban J connectivity index is 1.89. The summed E-state index contributed by atoms with van der Waals surface area (Å²) in [6.07, 6.45) is 11.9. The molecule has 1 spiro atoms. The standard InChI is InChI=1S/C12H16N2/c1-2-5-12(6-3-1)8-10-4-7-13-9-11(10)14-12/h4,7,9,14H,1-3,5-6,8H2. The van der Waals surface area contributed by atoms with E-state index in [1.54, 1.807) is 0 Å². The average molecular weight is 188 g/mol. The summed E-state index contributed by atoms with van der Waals surface area (Å²) >= 11 is 0. The fourth-order valence-electron chi connectivity index (χ4n) is 2.91. The molecule has 1 aromatic rings. The van der Waals surface area contributed by atoms with Crippen LogP contribution in [0.25, 0.3) is 0 Å². The Morgan fingerprint density at radius 1 is 1.21 bits per heavy atom. The fraction of sp³-hybridized carbons (Fsp3) is 0.583. The van der Waals surface area contributed by atoms with Crippen LogP contribution in [0.2, 0.25) is 0 Å². The summed E-state index contributed by atoms with van der Waals surface area (Å²) in [5, 5.41) is 3.69. The summed E-state index contributed by atoms with van der Waals surface area (Å²) in [7, 11) is 0. The Bertz CT molecular complexity index is 313. The first-order valence-corrected chi connectivity index (χ1v) is 5.59. The second kappa shape index (κ2) is 2.97. The molecular formula is C12H16N2. The van der Waals surface area contributed by atoms with Crippen molar-refractivity contribution in [2.24, 2.45) is 0 Å². The molecule has 3 rings (SSSR count). The summed E-state index contributed by atoms with van der Waals surface area (Å²) in [5.41, 5.74) is 3.13. The maximum Gasteiger partial charge on any atom is 0.0564 e. The molecule has 2 heterocycles. The van der Waals surface area contributed by atoms with E-state index in [0.29, 0.717) is 5.54 Å². The molecule has 1 saturated carbocycles. The van der Waals surface area contributed by atoms with Crippen molar-refractivity contribution in [2.75, 3.05) is 5.32 Å². The van der Waals surface area contributed by atoms with Gasteiger partial charge in [-0.05, 0) is 30.9 Å². The third kappa shape index (κ3) is 1.21. The third-order valence-electron chi connectivity index (χ3n) is 3.65. The first-order valence-electron chi connectivity index (χ1n) is 5.59. The number of anilines is 1. The predicted octanol–water partition coefficient (Wildman–Crippen LogP) is 2.75. The molecule has 1 N–H and O–H groups in total. The van der Waals surface area contributed by atoms with E-state index in [2.05, 4.69) is 16.4 Å². The number of hydrogen-bond donors (Lipinski definition) is 1. The maximum atomic E-state index is 4.17. The summed E-state index contributed by atoms with van der Waals surface area (Å²) < 4.78 is 0. The van der Waals surface area contributed by atoms with Crippen molar-refractivity contribution < 1.29 is 0 Å². The maximum absolute atomic E-state index is 4.17. The van der Waals surface area contributed by atoms with Crippen molar-refractivity contribution in [3.05, 3.63) is 24.0 Å². The van der Waals surface area contributed by atoms with Crippen LogP contribution in [0.4, 0.5) is 5.69 Å². The van der Waals surface area contributed by atoms with E-state index < -0.39 is 0 Å². The Labute approximate surface area is 84.7 Å². The van der Waals surface area contributed by atoms with E-state index in [4.69, 9.17) is 0 Å². The Morgan fingerprint density at radius 2 is 2.07 bits per heavy atom. The monoisotopic (exact) mass is 188 g/mol. The first kappa shape index (κ1) is 8.27. The molecule has 74 valence electrons. The van der Waals surface area contributed by atoms with Gasteiger partial charge in [0.1, 0.15) is 0 Å². The van der Waals surface area contributed by atoms with E-state index >= 15 is 0 Å². The lowest BCUT2D eigenvalue weighted by Gasteiger charge is -2.34. The zero-order chi connectivity index (χ0) is 9.43. The lowest BCUT2D eigenvalue weighted by molar-refractivity contribution is 0.333. The zero-order valence-corrected chi connectivity index (χ0v) is 8.42. The Hall–Kier alpha value is -1.05. The van der Waals surface area contributed by atoms with E-state index in [9.17, 15) is 0 Å². The van der Waals surface area contributed by atoms with Gasteiger partial charge in [0.2, 0.25) is 0 Å². The van der Waals surface area contributed by atoms with Gasteiger partial charge in [-0.2, -0.15) is 0 Å². The molecule has 2 heteroatoms. The highest BCUT2D eigenvalue weighted by molar-refractivity contribution is 5.57. The fourth-order valence-corrected chi connectivity index (χ4v) is 2.91. The lowest BCUT2D eigenvalue weighted by Crippen LogP contribution is -2.38. The van der Waals surface area contributed by atoms with Crippen LogP contribution in [0, 0.1) is 0 Å². The molecule has 1 fully saturated rings. The molecule has 0 atom stereocenters. The van der Waals surface area contributed by atoms with Crippen LogP contribution in [0.3, 0.4) is 0 Å². The number of aromatic nitrogens is 1. The molecule has 1 aliphatic carbocycles. The Morgan fingerprint density at radius 3 is 2.86 bits per heavy atom. The second-order valence-corrected chi connectivity index (χ2v) is 4.68. The molecule has 0 unspecified atom stereocenters. The lowest BCUT2D eigenvalue weighted by atomic mass is 9.80. The number of rotatable bonds is 0. The van der Waals surface area contributed by atoms with Gasteiger partial charge >= 0.3 is 0 Å². The number of pyridine rings is 1. The zero-order valence-electron chi connectivity index (χ0n) is 8.42. The SMILES string of the molecule is c1cc2c(cn1)NC1(CCCCC1)C2. The van der Waals surface area contributed by atoms with E-state index in [0.717, 1.165) is 0 Å². The van der Waals surface area contributed by atoms with Crippen LogP contribution in [0.5, 0.6) is 0 Å². The summed E-state index contributed by atoms with van der Waals surface area (Å²) in [6, 6.07) is 2.16. The molecule has 0 bridgehead atoms. The highest BCUT2D eigenvalue weighted by Gasteiger charge is 2.37. The van der Waals surface area contributed by atoms with Gasteiger partial charge in [0, 0.05) is 11.7 Å². The third-order valence-corrected chi connectivity index (χ3v) is 3.65. The highest BCUT2D eigenvalue weighted by atomic mass is 15.0. The molecule has 0 aromatic carbocycles. The van der Waals surface area contributed by atoms with Crippen molar-refractivity contribution in [1.82, 2.24) is 4.98 Å². The van der Waals surface area contributed by atoms with Gasteiger partial charge in [-0.25, -0.2) is 0 Å². The molecule has 2 aliphatic rings. The number of hydrogen-bond acceptors (Lipinski definition) is 2. The molecule has 2 nitrogen and oxygen atoms in total.